The lowest BCUT2D eigenvalue weighted by Crippen LogP contribution is -2.14. The van der Waals surface area contributed by atoms with Crippen LogP contribution < -0.4 is 11.0 Å². The standard InChI is InChI=1S/C10H9N7O2S/c1-17-3-5(2-11-17)6-4-20-10(12-6)14-8(18)7-13-9(19)16-15-7/h2-4H,1H3,(H,12,14,18)(H2,13,15,16,19). The number of rotatable bonds is 3. The van der Waals surface area contributed by atoms with Gasteiger partial charge in [-0.05, 0) is 0 Å². The highest BCUT2D eigenvalue weighted by atomic mass is 32.1. The maximum absolute atomic E-state index is 11.8. The Morgan fingerprint density at radius 2 is 2.35 bits per heavy atom. The summed E-state index contributed by atoms with van der Waals surface area (Å²) in [6, 6.07) is 0. The Balaban J connectivity index is 1.77. The van der Waals surface area contributed by atoms with Crippen molar-refractivity contribution in [2.45, 2.75) is 0 Å². The molecule has 20 heavy (non-hydrogen) atoms. The number of H-pyrrole nitrogens is 2. The zero-order valence-electron chi connectivity index (χ0n) is 10.2. The van der Waals surface area contributed by atoms with E-state index in [-0.39, 0.29) is 5.82 Å². The zero-order valence-corrected chi connectivity index (χ0v) is 11.1. The van der Waals surface area contributed by atoms with Gasteiger partial charge >= 0.3 is 5.69 Å². The molecule has 0 spiro atoms. The van der Waals surface area contributed by atoms with E-state index in [9.17, 15) is 9.59 Å². The third-order valence-corrected chi connectivity index (χ3v) is 3.20. The van der Waals surface area contributed by atoms with Crippen LogP contribution in [0.5, 0.6) is 0 Å². The van der Waals surface area contributed by atoms with Gasteiger partial charge in [0.2, 0.25) is 5.82 Å². The largest absolute Gasteiger partial charge is 0.341 e. The van der Waals surface area contributed by atoms with Crippen LogP contribution >= 0.6 is 11.3 Å². The molecule has 0 aliphatic carbocycles. The summed E-state index contributed by atoms with van der Waals surface area (Å²) < 4.78 is 1.67. The molecule has 3 N–H and O–H groups in total. The van der Waals surface area contributed by atoms with Crippen molar-refractivity contribution < 1.29 is 4.79 Å². The minimum absolute atomic E-state index is 0.0897. The minimum atomic E-state index is -0.537. The number of aromatic nitrogens is 6. The van der Waals surface area contributed by atoms with E-state index in [1.807, 2.05) is 13.2 Å². The first-order valence-electron chi connectivity index (χ1n) is 5.52. The van der Waals surface area contributed by atoms with Gasteiger partial charge in [-0.15, -0.1) is 16.4 Å². The number of carbonyl (C=O) groups excluding carboxylic acids is 1. The maximum atomic E-state index is 11.8. The Labute approximate surface area is 115 Å². The van der Waals surface area contributed by atoms with Crippen molar-refractivity contribution in [3.8, 4) is 11.3 Å². The molecule has 3 aromatic rings. The molecule has 102 valence electrons. The molecule has 10 heteroatoms. The lowest BCUT2D eigenvalue weighted by atomic mass is 10.3. The SMILES string of the molecule is Cn1cc(-c2csc(NC(=O)c3n[nH]c(=O)[nH]3)n2)cn1. The topological polar surface area (TPSA) is 121 Å². The van der Waals surface area contributed by atoms with Gasteiger partial charge in [0, 0.05) is 24.2 Å². The molecular formula is C10H9N7O2S. The smallest absolute Gasteiger partial charge is 0.295 e. The Hall–Kier alpha value is -2.75. The van der Waals surface area contributed by atoms with E-state index >= 15 is 0 Å². The van der Waals surface area contributed by atoms with E-state index < -0.39 is 11.6 Å². The normalized spacial score (nSPS) is 10.7. The highest BCUT2D eigenvalue weighted by Crippen LogP contribution is 2.24. The summed E-state index contributed by atoms with van der Waals surface area (Å²) >= 11 is 1.27. The summed E-state index contributed by atoms with van der Waals surface area (Å²) in [7, 11) is 1.81. The van der Waals surface area contributed by atoms with Crippen molar-refractivity contribution in [2.24, 2.45) is 7.05 Å². The monoisotopic (exact) mass is 291 g/mol. The van der Waals surface area contributed by atoms with E-state index in [1.54, 1.807) is 16.3 Å². The predicted molar refractivity (Wildman–Crippen MR) is 71.5 cm³/mol. The molecule has 0 unspecified atom stereocenters. The van der Waals surface area contributed by atoms with Crippen LogP contribution in [0.2, 0.25) is 0 Å². The first-order chi connectivity index (χ1) is 9.61. The van der Waals surface area contributed by atoms with Crippen LogP contribution in [0.3, 0.4) is 0 Å². The first-order valence-corrected chi connectivity index (χ1v) is 6.40. The Kier molecular flexibility index (Phi) is 2.91. The van der Waals surface area contributed by atoms with Gasteiger partial charge in [0.15, 0.2) is 5.13 Å². The van der Waals surface area contributed by atoms with Crippen LogP contribution in [0.1, 0.15) is 10.6 Å². The molecule has 3 heterocycles. The lowest BCUT2D eigenvalue weighted by molar-refractivity contribution is 0.101. The van der Waals surface area contributed by atoms with Crippen molar-refractivity contribution in [2.75, 3.05) is 5.32 Å². The lowest BCUT2D eigenvalue weighted by Gasteiger charge is -1.96. The fraction of sp³-hybridized carbons (Fsp3) is 0.100. The van der Waals surface area contributed by atoms with Crippen LogP contribution in [-0.4, -0.2) is 35.9 Å². The molecule has 3 aromatic heterocycles. The second-order valence-corrected chi connectivity index (χ2v) is 4.78. The van der Waals surface area contributed by atoms with Gasteiger partial charge in [-0.2, -0.15) is 5.10 Å². The van der Waals surface area contributed by atoms with Gasteiger partial charge in [0.25, 0.3) is 5.91 Å². The summed E-state index contributed by atoms with van der Waals surface area (Å²) in [5.41, 5.74) is 1.04. The molecule has 0 saturated heterocycles. The van der Waals surface area contributed by atoms with E-state index in [0.717, 1.165) is 5.56 Å². The van der Waals surface area contributed by atoms with Gasteiger partial charge in [0.05, 0.1) is 11.9 Å². The fourth-order valence-corrected chi connectivity index (χ4v) is 2.27. The predicted octanol–water partition coefficient (Wildman–Crippen LogP) is 0.207. The number of carbonyl (C=O) groups is 1. The number of amides is 1. The van der Waals surface area contributed by atoms with Crippen molar-refractivity contribution in [1.29, 1.82) is 0 Å². The molecule has 0 fully saturated rings. The summed E-state index contributed by atoms with van der Waals surface area (Å²) in [6.07, 6.45) is 3.51. The van der Waals surface area contributed by atoms with E-state index in [0.29, 0.717) is 10.8 Å². The number of aromatic amines is 2. The van der Waals surface area contributed by atoms with Crippen LogP contribution in [0, 0.1) is 0 Å². The molecular weight excluding hydrogens is 282 g/mol. The third kappa shape index (κ3) is 2.36. The molecule has 0 aromatic carbocycles. The number of nitrogens with zero attached hydrogens (tertiary/aromatic N) is 4. The quantitative estimate of drug-likeness (QED) is 0.636. The van der Waals surface area contributed by atoms with E-state index in [4.69, 9.17) is 0 Å². The minimum Gasteiger partial charge on any atom is -0.295 e. The van der Waals surface area contributed by atoms with Gasteiger partial charge in [0.1, 0.15) is 0 Å². The molecule has 0 aliphatic rings. The third-order valence-electron chi connectivity index (χ3n) is 2.44. The van der Waals surface area contributed by atoms with Gasteiger partial charge in [-0.3, -0.25) is 19.8 Å². The van der Waals surface area contributed by atoms with Crippen LogP contribution in [0.15, 0.2) is 22.6 Å². The van der Waals surface area contributed by atoms with E-state index in [1.165, 1.54) is 11.3 Å². The first kappa shape index (κ1) is 12.3. The zero-order chi connectivity index (χ0) is 14.1. The molecule has 0 bridgehead atoms. The number of hydrogen-bond acceptors (Lipinski definition) is 6. The molecule has 9 nitrogen and oxygen atoms in total. The van der Waals surface area contributed by atoms with Crippen molar-refractivity contribution in [1.82, 2.24) is 29.9 Å². The number of anilines is 1. The molecule has 0 radical (unpaired) electrons. The number of aryl methyl sites for hydroxylation is 1. The van der Waals surface area contributed by atoms with Gasteiger partial charge in [-0.1, -0.05) is 0 Å². The fourth-order valence-electron chi connectivity index (χ4n) is 1.55. The molecule has 0 atom stereocenters. The Morgan fingerprint density at radius 3 is 3.00 bits per heavy atom. The molecule has 0 saturated carbocycles. The summed E-state index contributed by atoms with van der Waals surface area (Å²) in [5, 5.41) is 14.5. The maximum Gasteiger partial charge on any atom is 0.341 e. The van der Waals surface area contributed by atoms with Crippen LogP contribution in [0.4, 0.5) is 5.13 Å². The average Bonchev–Trinajstić information content (AvgIpc) is 3.10. The number of thiazole rings is 1. The summed E-state index contributed by atoms with van der Waals surface area (Å²) in [6.45, 7) is 0. The second-order valence-electron chi connectivity index (χ2n) is 3.92. The van der Waals surface area contributed by atoms with Crippen molar-refractivity contribution in [3.63, 3.8) is 0 Å². The van der Waals surface area contributed by atoms with Crippen molar-refractivity contribution in [3.05, 3.63) is 34.1 Å². The van der Waals surface area contributed by atoms with Crippen molar-refractivity contribution >= 4 is 22.4 Å². The highest BCUT2D eigenvalue weighted by molar-refractivity contribution is 7.14. The second kappa shape index (κ2) is 4.74. The van der Waals surface area contributed by atoms with Crippen LogP contribution in [0.25, 0.3) is 11.3 Å². The molecule has 0 aliphatic heterocycles. The molecule has 1 amide bonds. The van der Waals surface area contributed by atoms with Crippen LogP contribution in [-0.2, 0) is 7.05 Å². The number of hydrogen-bond donors (Lipinski definition) is 3. The Bertz CT molecular complexity index is 811. The van der Waals surface area contributed by atoms with Gasteiger partial charge < -0.3 is 0 Å². The highest BCUT2D eigenvalue weighted by Gasteiger charge is 2.13. The van der Waals surface area contributed by atoms with Gasteiger partial charge in [-0.25, -0.2) is 14.9 Å². The Morgan fingerprint density at radius 1 is 1.50 bits per heavy atom. The van der Waals surface area contributed by atoms with E-state index in [2.05, 4.69) is 30.6 Å². The molecule has 3 rings (SSSR count). The average molecular weight is 291 g/mol. The summed E-state index contributed by atoms with van der Waals surface area (Å²) in [4.78, 5) is 29.2. The number of nitrogens with one attached hydrogen (secondary N) is 3. The summed E-state index contributed by atoms with van der Waals surface area (Å²) in [5.74, 6) is -0.622.